The molecular formula is C30H30N4O10S. The molecule has 1 aliphatic heterocycles. The fourth-order valence-corrected chi connectivity index (χ4v) is 5.74. The highest BCUT2D eigenvalue weighted by molar-refractivity contribution is 8.14. The molecule has 45 heavy (non-hydrogen) atoms. The van der Waals surface area contributed by atoms with Crippen molar-refractivity contribution in [3.05, 3.63) is 115 Å². The summed E-state index contributed by atoms with van der Waals surface area (Å²) in [6.07, 6.45) is -2.11. The van der Waals surface area contributed by atoms with E-state index in [0.29, 0.717) is 28.7 Å². The van der Waals surface area contributed by atoms with Crippen LogP contribution in [0.4, 0.5) is 21.0 Å². The van der Waals surface area contributed by atoms with Crippen LogP contribution in [0.3, 0.4) is 0 Å². The molecule has 0 aliphatic carbocycles. The van der Waals surface area contributed by atoms with Gasteiger partial charge in [-0.15, -0.1) is 0 Å². The first-order valence-corrected chi connectivity index (χ1v) is 14.6. The Morgan fingerprint density at radius 2 is 1.40 bits per heavy atom. The third-order valence-corrected chi connectivity index (χ3v) is 8.03. The van der Waals surface area contributed by atoms with Gasteiger partial charge in [0.25, 0.3) is 11.4 Å². The number of carbonyl (C=O) groups is 3. The second-order valence-corrected chi connectivity index (χ2v) is 11.7. The maximum absolute atomic E-state index is 13.1. The minimum atomic E-state index is -1.09. The molecule has 0 aromatic heterocycles. The number of carbonyl (C=O) groups excluding carboxylic acids is 3. The van der Waals surface area contributed by atoms with Gasteiger partial charge in [-0.2, -0.15) is 0 Å². The van der Waals surface area contributed by atoms with Crippen molar-refractivity contribution in [2.75, 3.05) is 6.54 Å². The minimum absolute atomic E-state index is 0.0632. The van der Waals surface area contributed by atoms with Crippen molar-refractivity contribution < 1.29 is 38.8 Å². The van der Waals surface area contributed by atoms with E-state index in [1.165, 1.54) is 60.4 Å². The van der Waals surface area contributed by atoms with Gasteiger partial charge in [0.15, 0.2) is 5.12 Å². The summed E-state index contributed by atoms with van der Waals surface area (Å²) in [6, 6.07) is 17.4. The van der Waals surface area contributed by atoms with Crippen molar-refractivity contribution >= 4 is 40.4 Å². The molecule has 2 N–H and O–H groups in total. The van der Waals surface area contributed by atoms with Gasteiger partial charge in [-0.25, -0.2) is 9.59 Å². The number of alkyl carbamates (subject to hydrolysis) is 1. The number of non-ortho nitro benzene ring substituents is 2. The van der Waals surface area contributed by atoms with Gasteiger partial charge in [-0.1, -0.05) is 36.0 Å². The number of ether oxygens (including phenoxy) is 2. The number of nitro groups is 2. The molecule has 1 unspecified atom stereocenters. The van der Waals surface area contributed by atoms with Crippen LogP contribution in [0.1, 0.15) is 41.7 Å². The van der Waals surface area contributed by atoms with Crippen molar-refractivity contribution in [2.24, 2.45) is 0 Å². The Bertz CT molecular complexity index is 1530. The summed E-state index contributed by atoms with van der Waals surface area (Å²) >= 11 is 1.09. The monoisotopic (exact) mass is 638 g/mol. The molecule has 1 fully saturated rings. The Morgan fingerprint density at radius 1 is 0.889 bits per heavy atom. The van der Waals surface area contributed by atoms with Crippen LogP contribution < -0.4 is 5.32 Å². The topological polar surface area (TPSA) is 191 Å². The zero-order valence-corrected chi connectivity index (χ0v) is 24.9. The van der Waals surface area contributed by atoms with E-state index in [-0.39, 0.29) is 48.0 Å². The molecule has 0 bridgehead atoms. The first-order chi connectivity index (χ1) is 21.5. The van der Waals surface area contributed by atoms with E-state index < -0.39 is 34.2 Å². The molecule has 1 aliphatic rings. The quantitative estimate of drug-likeness (QED) is 0.212. The highest BCUT2D eigenvalue weighted by Crippen LogP contribution is 2.35. The van der Waals surface area contributed by atoms with Crippen LogP contribution in [0.15, 0.2) is 72.8 Å². The van der Waals surface area contributed by atoms with Gasteiger partial charge < -0.3 is 24.8 Å². The number of thioether (sulfide) groups is 1. The summed E-state index contributed by atoms with van der Waals surface area (Å²) in [7, 11) is 0. The van der Waals surface area contributed by atoms with E-state index in [0.717, 1.165) is 11.8 Å². The zero-order chi connectivity index (χ0) is 32.5. The highest BCUT2D eigenvalue weighted by Gasteiger charge is 2.41. The molecule has 0 saturated carbocycles. The summed E-state index contributed by atoms with van der Waals surface area (Å²) in [5.41, 5.74) is 2.24. The van der Waals surface area contributed by atoms with E-state index >= 15 is 0 Å². The predicted octanol–water partition coefficient (Wildman–Crippen LogP) is 5.02. The fourth-order valence-electron chi connectivity index (χ4n) is 4.74. The van der Waals surface area contributed by atoms with Crippen LogP contribution in [0, 0.1) is 20.2 Å². The van der Waals surface area contributed by atoms with Crippen LogP contribution in [-0.2, 0) is 34.0 Å². The smallest absolute Gasteiger partial charge is 0.410 e. The number of rotatable bonds is 11. The highest BCUT2D eigenvalue weighted by atomic mass is 32.2. The third kappa shape index (κ3) is 9.23. The molecule has 1 saturated heterocycles. The Labute approximate surface area is 261 Å². The number of aliphatic hydroxyl groups is 1. The van der Waals surface area contributed by atoms with Crippen molar-refractivity contribution in [3.63, 3.8) is 0 Å². The molecule has 4 rings (SSSR count). The summed E-state index contributed by atoms with van der Waals surface area (Å²) in [6.45, 7) is 1.57. The Morgan fingerprint density at radius 3 is 1.91 bits per heavy atom. The number of benzene rings is 3. The molecule has 0 radical (unpaired) electrons. The van der Waals surface area contributed by atoms with Crippen molar-refractivity contribution in [1.82, 2.24) is 10.2 Å². The van der Waals surface area contributed by atoms with Crippen LogP contribution in [0.25, 0.3) is 0 Å². The van der Waals surface area contributed by atoms with Crippen molar-refractivity contribution in [2.45, 2.75) is 50.5 Å². The summed E-state index contributed by atoms with van der Waals surface area (Å²) < 4.78 is 10.6. The van der Waals surface area contributed by atoms with Gasteiger partial charge in [-0.05, 0) is 52.9 Å². The summed E-state index contributed by atoms with van der Waals surface area (Å²) in [5.74, 6) is 0. The molecule has 3 aromatic carbocycles. The van der Waals surface area contributed by atoms with Crippen LogP contribution >= 0.6 is 11.8 Å². The largest absolute Gasteiger partial charge is 0.445 e. The van der Waals surface area contributed by atoms with Crippen LogP contribution in [0.5, 0.6) is 0 Å². The van der Waals surface area contributed by atoms with Gasteiger partial charge in [0.1, 0.15) is 13.2 Å². The SMILES string of the molecule is CC(=O)S[C@H]1C[C@@H](C(O)c2ccc(CNC(=O)OCc3ccc([N+](=O)[O-])cc3)cc2)N(C(=O)OCc2ccc([N+](=O)[O-])cc2)C1. The number of aliphatic hydroxyl groups excluding tert-OH is 1. The molecule has 15 heteroatoms. The second-order valence-electron chi connectivity index (χ2n) is 10.2. The fraction of sp³-hybridized carbons (Fsp3) is 0.300. The Kier molecular flexibility index (Phi) is 11.0. The normalized spacial score (nSPS) is 16.4. The average molecular weight is 639 g/mol. The molecule has 0 spiro atoms. The Hall–Kier alpha value is -5.02. The number of nitrogens with one attached hydrogen (secondary N) is 1. The lowest BCUT2D eigenvalue weighted by Crippen LogP contribution is -2.39. The predicted molar refractivity (Wildman–Crippen MR) is 162 cm³/mol. The molecule has 2 amide bonds. The van der Waals surface area contributed by atoms with E-state index in [2.05, 4.69) is 5.32 Å². The number of nitrogens with zero attached hydrogens (tertiary/aromatic N) is 3. The maximum atomic E-state index is 13.1. The number of hydrogen-bond acceptors (Lipinski definition) is 11. The lowest BCUT2D eigenvalue weighted by Gasteiger charge is -2.28. The maximum Gasteiger partial charge on any atom is 0.410 e. The standard InChI is InChI=1S/C30H30N4O10S/c1-19(35)45-26-14-27(32(16-26)30(38)44-18-22-6-12-25(13-7-22)34(41)42)28(36)23-8-2-20(3-9-23)15-31-29(37)43-17-21-4-10-24(11-5-21)33(39)40/h2-13,26-28,36H,14-18H2,1H3,(H,31,37)/t26-,27-,28?/m0/s1. The summed E-state index contributed by atoms with van der Waals surface area (Å²) in [5, 5.41) is 35.1. The van der Waals surface area contributed by atoms with Gasteiger partial charge >= 0.3 is 12.2 Å². The van der Waals surface area contributed by atoms with E-state index in [4.69, 9.17) is 9.47 Å². The second kappa shape index (κ2) is 15.1. The number of hydrogen-bond donors (Lipinski definition) is 2. The minimum Gasteiger partial charge on any atom is -0.445 e. The number of amides is 2. The van der Waals surface area contributed by atoms with Crippen molar-refractivity contribution in [1.29, 1.82) is 0 Å². The van der Waals surface area contributed by atoms with Crippen LogP contribution in [-0.4, -0.2) is 55.0 Å². The van der Waals surface area contributed by atoms with E-state index in [9.17, 15) is 39.7 Å². The zero-order valence-electron chi connectivity index (χ0n) is 24.1. The third-order valence-electron chi connectivity index (χ3n) is 7.02. The average Bonchev–Trinajstić information content (AvgIpc) is 3.45. The Balaban J connectivity index is 1.32. The number of nitro benzene ring substituents is 2. The lowest BCUT2D eigenvalue weighted by molar-refractivity contribution is -0.385. The lowest BCUT2D eigenvalue weighted by atomic mass is 9.99. The summed E-state index contributed by atoms with van der Waals surface area (Å²) in [4.78, 5) is 58.9. The first-order valence-electron chi connectivity index (χ1n) is 13.7. The van der Waals surface area contributed by atoms with Gasteiger partial charge in [0, 0.05) is 49.5 Å². The molecule has 14 nitrogen and oxygen atoms in total. The number of likely N-dealkylation sites (tertiary alicyclic amines) is 1. The molecular weight excluding hydrogens is 608 g/mol. The molecule has 3 aromatic rings. The molecule has 1 heterocycles. The van der Waals surface area contributed by atoms with Gasteiger partial charge in [-0.3, -0.25) is 25.0 Å². The molecule has 3 atom stereocenters. The van der Waals surface area contributed by atoms with Gasteiger partial charge in [0.05, 0.1) is 22.0 Å². The van der Waals surface area contributed by atoms with Gasteiger partial charge in [0.2, 0.25) is 0 Å². The van der Waals surface area contributed by atoms with Crippen LogP contribution in [0.2, 0.25) is 0 Å². The van der Waals surface area contributed by atoms with Crippen molar-refractivity contribution in [3.8, 4) is 0 Å². The van der Waals surface area contributed by atoms with E-state index in [1.807, 2.05) is 0 Å². The molecule has 236 valence electrons. The van der Waals surface area contributed by atoms with E-state index in [1.54, 1.807) is 24.3 Å². The first kappa shape index (κ1) is 32.9.